The van der Waals surface area contributed by atoms with Crippen molar-refractivity contribution in [3.8, 4) is 10.6 Å². The van der Waals surface area contributed by atoms with Crippen LogP contribution in [0.25, 0.3) is 21.5 Å². The molecule has 0 unspecified atom stereocenters. The summed E-state index contributed by atoms with van der Waals surface area (Å²) in [6.45, 7) is 2.17. The Morgan fingerprint density at radius 2 is 2.04 bits per heavy atom. The van der Waals surface area contributed by atoms with Gasteiger partial charge < -0.3 is 0 Å². The van der Waals surface area contributed by atoms with E-state index in [9.17, 15) is 4.79 Å². The zero-order valence-electron chi connectivity index (χ0n) is 12.9. The second-order valence-electron chi connectivity index (χ2n) is 5.63. The van der Waals surface area contributed by atoms with Crippen molar-refractivity contribution < 1.29 is 0 Å². The lowest BCUT2D eigenvalue weighted by molar-refractivity contribution is 0.655. The molecule has 0 aliphatic heterocycles. The first-order valence-electron chi connectivity index (χ1n) is 7.86. The van der Waals surface area contributed by atoms with Gasteiger partial charge in [0.2, 0.25) is 0 Å². The molecule has 23 heavy (non-hydrogen) atoms. The van der Waals surface area contributed by atoms with Gasteiger partial charge in [0.15, 0.2) is 5.69 Å². The van der Waals surface area contributed by atoms with E-state index >= 15 is 0 Å². The lowest BCUT2D eigenvalue weighted by Gasteiger charge is -2.08. The maximum atomic E-state index is 13.0. The summed E-state index contributed by atoms with van der Waals surface area (Å²) in [6.07, 6.45) is 3.11. The molecule has 0 atom stereocenters. The molecule has 0 aliphatic carbocycles. The van der Waals surface area contributed by atoms with Crippen LogP contribution in [0.2, 0.25) is 0 Å². The number of rotatable bonds is 4. The van der Waals surface area contributed by atoms with E-state index in [1.807, 2.05) is 35.7 Å². The number of aryl methyl sites for hydroxylation is 1. The van der Waals surface area contributed by atoms with Crippen molar-refractivity contribution in [2.45, 2.75) is 26.2 Å². The van der Waals surface area contributed by atoms with Gasteiger partial charge in [0, 0.05) is 5.39 Å². The molecule has 3 aromatic heterocycles. The number of nitrogens with zero attached hydrogens (tertiary/aromatic N) is 3. The smallest absolute Gasteiger partial charge is 0.265 e. The number of hydrogen-bond acceptors (Lipinski definition) is 3. The van der Waals surface area contributed by atoms with Gasteiger partial charge in [-0.1, -0.05) is 37.6 Å². The zero-order chi connectivity index (χ0) is 15.8. The quantitative estimate of drug-likeness (QED) is 0.569. The predicted molar refractivity (Wildman–Crippen MR) is 94.3 cm³/mol. The van der Waals surface area contributed by atoms with E-state index in [0.717, 1.165) is 40.7 Å². The third-order valence-corrected chi connectivity index (χ3v) is 4.94. The molecule has 0 spiro atoms. The monoisotopic (exact) mass is 323 g/mol. The molecular formula is C18H17N3OS. The Kier molecular flexibility index (Phi) is 3.50. The number of para-hydroxylation sites is 1. The molecule has 0 saturated heterocycles. The SMILES string of the molecule is CCCCc1cc2ccccc2n2c(=O)c(-c3cccs3)nn12. The fourth-order valence-electron chi connectivity index (χ4n) is 2.91. The molecule has 116 valence electrons. The Morgan fingerprint density at radius 1 is 1.17 bits per heavy atom. The fraction of sp³-hybridized carbons (Fsp3) is 0.222. The molecule has 0 aliphatic rings. The summed E-state index contributed by atoms with van der Waals surface area (Å²) in [5.41, 5.74) is 2.44. The van der Waals surface area contributed by atoms with E-state index in [4.69, 9.17) is 0 Å². The van der Waals surface area contributed by atoms with Gasteiger partial charge in [-0.25, -0.2) is 0 Å². The van der Waals surface area contributed by atoms with E-state index in [2.05, 4.69) is 24.2 Å². The van der Waals surface area contributed by atoms with E-state index in [0.29, 0.717) is 5.69 Å². The molecule has 3 heterocycles. The molecule has 0 saturated carbocycles. The van der Waals surface area contributed by atoms with Crippen molar-refractivity contribution in [2.24, 2.45) is 0 Å². The van der Waals surface area contributed by atoms with Crippen LogP contribution < -0.4 is 5.56 Å². The average molecular weight is 323 g/mol. The van der Waals surface area contributed by atoms with Gasteiger partial charge in [0.1, 0.15) is 0 Å². The van der Waals surface area contributed by atoms with E-state index in [-0.39, 0.29) is 5.56 Å². The van der Waals surface area contributed by atoms with Crippen molar-refractivity contribution in [3.63, 3.8) is 0 Å². The second kappa shape index (κ2) is 5.66. The normalized spacial score (nSPS) is 11.5. The molecule has 0 radical (unpaired) electrons. The highest BCUT2D eigenvalue weighted by atomic mass is 32.1. The van der Waals surface area contributed by atoms with Crippen LogP contribution >= 0.6 is 11.3 Å². The van der Waals surface area contributed by atoms with Gasteiger partial charge >= 0.3 is 5.56 Å². The van der Waals surface area contributed by atoms with E-state index in [1.54, 1.807) is 20.5 Å². The molecular weight excluding hydrogens is 306 g/mol. The van der Waals surface area contributed by atoms with Crippen molar-refractivity contribution in [1.29, 1.82) is 0 Å². The Morgan fingerprint density at radius 3 is 2.83 bits per heavy atom. The first-order chi connectivity index (χ1) is 11.3. The number of aromatic nitrogens is 3. The van der Waals surface area contributed by atoms with Crippen molar-refractivity contribution in [2.75, 3.05) is 0 Å². The Bertz CT molecular complexity index is 1030. The highest BCUT2D eigenvalue weighted by Gasteiger charge is 2.16. The minimum atomic E-state index is -0.0537. The van der Waals surface area contributed by atoms with Crippen LogP contribution in [0.5, 0.6) is 0 Å². The number of unbranched alkanes of at least 4 members (excludes halogenated alkanes) is 1. The Hall–Kier alpha value is -2.40. The second-order valence-corrected chi connectivity index (χ2v) is 6.58. The molecule has 4 rings (SSSR count). The summed E-state index contributed by atoms with van der Waals surface area (Å²) >= 11 is 1.55. The lowest BCUT2D eigenvalue weighted by atomic mass is 10.1. The standard InChI is InChI=1S/C18H17N3OS/c1-2-3-8-14-12-13-7-4-5-9-15(13)20-18(22)17(19-21(14)20)16-10-6-11-23-16/h4-7,9-12H,2-3,8H2,1H3. The van der Waals surface area contributed by atoms with E-state index in [1.165, 1.54) is 0 Å². The van der Waals surface area contributed by atoms with Gasteiger partial charge in [0.25, 0.3) is 0 Å². The summed E-state index contributed by atoms with van der Waals surface area (Å²) in [5, 5.41) is 7.68. The molecule has 1 aromatic carbocycles. The summed E-state index contributed by atoms with van der Waals surface area (Å²) in [5.74, 6) is 0. The van der Waals surface area contributed by atoms with E-state index < -0.39 is 0 Å². The van der Waals surface area contributed by atoms with Gasteiger partial charge in [-0.05, 0) is 36.4 Å². The highest BCUT2D eigenvalue weighted by Crippen LogP contribution is 2.22. The van der Waals surface area contributed by atoms with Gasteiger partial charge in [-0.15, -0.1) is 16.4 Å². The maximum absolute atomic E-state index is 13.0. The molecule has 4 aromatic rings. The van der Waals surface area contributed by atoms with Crippen LogP contribution in [0.3, 0.4) is 0 Å². The molecule has 4 nitrogen and oxygen atoms in total. The zero-order valence-corrected chi connectivity index (χ0v) is 13.7. The number of fused-ring (bicyclic) bond motifs is 3. The molecule has 5 heteroatoms. The summed E-state index contributed by atoms with van der Waals surface area (Å²) < 4.78 is 3.49. The predicted octanol–water partition coefficient (Wildman–Crippen LogP) is 4.02. The first-order valence-corrected chi connectivity index (χ1v) is 8.74. The van der Waals surface area contributed by atoms with Gasteiger partial charge in [-0.2, -0.15) is 9.15 Å². The number of benzene rings is 1. The van der Waals surface area contributed by atoms with Crippen LogP contribution in [0.1, 0.15) is 25.5 Å². The van der Waals surface area contributed by atoms with Crippen LogP contribution in [-0.4, -0.2) is 14.2 Å². The van der Waals surface area contributed by atoms with Gasteiger partial charge in [-0.3, -0.25) is 4.79 Å². The van der Waals surface area contributed by atoms with Crippen LogP contribution in [0.15, 0.2) is 52.6 Å². The maximum Gasteiger partial charge on any atom is 0.300 e. The summed E-state index contributed by atoms with van der Waals surface area (Å²) in [4.78, 5) is 13.9. The largest absolute Gasteiger partial charge is 0.300 e. The fourth-order valence-corrected chi connectivity index (χ4v) is 3.61. The summed E-state index contributed by atoms with van der Waals surface area (Å²) in [7, 11) is 0. The first kappa shape index (κ1) is 14.2. The molecule has 0 N–H and O–H groups in total. The minimum Gasteiger partial charge on any atom is -0.265 e. The third kappa shape index (κ3) is 2.28. The summed E-state index contributed by atoms with van der Waals surface area (Å²) in [6, 6.07) is 14.0. The highest BCUT2D eigenvalue weighted by molar-refractivity contribution is 7.13. The number of thiophene rings is 1. The third-order valence-electron chi connectivity index (χ3n) is 4.06. The van der Waals surface area contributed by atoms with Crippen LogP contribution in [-0.2, 0) is 6.42 Å². The van der Waals surface area contributed by atoms with Crippen molar-refractivity contribution >= 4 is 22.2 Å². The Labute approximate surface area is 137 Å². The lowest BCUT2D eigenvalue weighted by Crippen LogP contribution is -2.16. The van der Waals surface area contributed by atoms with Crippen LogP contribution in [0.4, 0.5) is 0 Å². The minimum absolute atomic E-state index is 0.0537. The molecule has 0 amide bonds. The topological polar surface area (TPSA) is 38.8 Å². The van der Waals surface area contributed by atoms with Crippen LogP contribution in [0, 0.1) is 0 Å². The van der Waals surface area contributed by atoms with Crippen molar-refractivity contribution in [1.82, 2.24) is 14.2 Å². The van der Waals surface area contributed by atoms with Gasteiger partial charge in [0.05, 0.1) is 16.1 Å². The van der Waals surface area contributed by atoms with Crippen molar-refractivity contribution in [3.05, 3.63) is 63.9 Å². The average Bonchev–Trinajstić information content (AvgIpc) is 3.21. The molecule has 0 bridgehead atoms. The number of hydrogen-bond donors (Lipinski definition) is 0. The Balaban J connectivity index is 2.09. The molecule has 0 fully saturated rings.